The Bertz CT molecular complexity index is 959. The summed E-state index contributed by atoms with van der Waals surface area (Å²) in [6.07, 6.45) is 5.73. The van der Waals surface area contributed by atoms with Gasteiger partial charge in [-0.1, -0.05) is 89.9 Å². The third kappa shape index (κ3) is 22.1. The lowest BCUT2D eigenvalue weighted by molar-refractivity contribution is -0.137. The van der Waals surface area contributed by atoms with E-state index in [-0.39, 0.29) is 5.69 Å². The van der Waals surface area contributed by atoms with Gasteiger partial charge in [-0.2, -0.15) is 13.2 Å². The van der Waals surface area contributed by atoms with E-state index in [9.17, 15) is 13.2 Å². The SMILES string of the molecule is C=O.CC=O.CCC1CC1C.CCCCC(CCC)Nc1ccccc1CNC.CNc1ccc(C)cc1C(F)(F)F.CP. The lowest BCUT2D eigenvalue weighted by Crippen LogP contribution is -2.20. The van der Waals surface area contributed by atoms with Crippen LogP contribution in [-0.4, -0.2) is 39.9 Å². The standard InChI is InChI=1S/C16H28N2.C9H10F3N.C6H12.C2H4O.CH2O.CH5P/c1-4-6-11-15(9-5-2)18-16-12-8-7-10-14(16)13-17-3;1-6-3-4-8(13-2)7(5-6)9(10,11)12;1-3-6-4-5(6)2;1-2-3;2*1-2/h7-8,10,12,15,17-18H,4-6,9,11,13H2,1-3H3;3-5,13H,1-2H3;5-6H,3-4H2,1-2H3;2H,1H3;1H2;2H2,1H3. The van der Waals surface area contributed by atoms with Gasteiger partial charge in [0.15, 0.2) is 0 Å². The number of aldehydes is 1. The van der Waals surface area contributed by atoms with Crippen molar-refractivity contribution in [2.75, 3.05) is 31.4 Å². The molecule has 2 aromatic carbocycles. The van der Waals surface area contributed by atoms with Crippen molar-refractivity contribution < 1.29 is 22.8 Å². The van der Waals surface area contributed by atoms with E-state index in [2.05, 4.69) is 77.2 Å². The Morgan fingerprint density at radius 3 is 1.98 bits per heavy atom. The molecule has 1 fully saturated rings. The molecular formula is C35H61F3N3O2P. The van der Waals surface area contributed by atoms with Gasteiger partial charge in [0.1, 0.15) is 13.1 Å². The zero-order valence-corrected chi connectivity index (χ0v) is 29.9. The van der Waals surface area contributed by atoms with Crippen LogP contribution in [0.2, 0.25) is 0 Å². The Labute approximate surface area is 269 Å². The molecular weight excluding hydrogens is 582 g/mol. The van der Waals surface area contributed by atoms with E-state index >= 15 is 0 Å². The molecule has 0 amide bonds. The van der Waals surface area contributed by atoms with Crippen LogP contribution in [0.25, 0.3) is 0 Å². The van der Waals surface area contributed by atoms with Gasteiger partial charge in [0.2, 0.25) is 0 Å². The molecule has 0 saturated heterocycles. The van der Waals surface area contributed by atoms with Crippen molar-refractivity contribution in [1.29, 1.82) is 0 Å². The number of hydrogen-bond donors (Lipinski definition) is 3. The first-order valence-electron chi connectivity index (χ1n) is 15.6. The zero-order valence-electron chi connectivity index (χ0n) is 28.7. The molecule has 44 heavy (non-hydrogen) atoms. The normalized spacial score (nSPS) is 14.8. The molecule has 3 rings (SSSR count). The topological polar surface area (TPSA) is 70.2 Å². The fourth-order valence-corrected chi connectivity index (χ4v) is 4.39. The highest BCUT2D eigenvalue weighted by atomic mass is 31.0. The second-order valence-electron chi connectivity index (χ2n) is 10.4. The maximum Gasteiger partial charge on any atom is 0.418 e. The van der Waals surface area contributed by atoms with Crippen molar-refractivity contribution in [2.45, 2.75) is 105 Å². The molecule has 0 aromatic heterocycles. The van der Waals surface area contributed by atoms with E-state index in [0.717, 1.165) is 30.7 Å². The van der Waals surface area contributed by atoms with Gasteiger partial charge in [-0.05, 0) is 75.8 Å². The van der Waals surface area contributed by atoms with E-state index < -0.39 is 11.7 Å². The van der Waals surface area contributed by atoms with Crippen LogP contribution in [0.4, 0.5) is 24.5 Å². The average molecular weight is 644 g/mol. The highest BCUT2D eigenvalue weighted by Crippen LogP contribution is 2.39. The molecule has 5 nitrogen and oxygen atoms in total. The number of unbranched alkanes of at least 4 members (excludes halogenated alkanes) is 1. The van der Waals surface area contributed by atoms with Crippen LogP contribution >= 0.6 is 9.24 Å². The lowest BCUT2D eigenvalue weighted by atomic mass is 10.0. The summed E-state index contributed by atoms with van der Waals surface area (Å²) in [5.41, 5.74) is 2.75. The Balaban J connectivity index is -0.000000560. The first kappa shape index (κ1) is 46.0. The van der Waals surface area contributed by atoms with E-state index in [1.165, 1.54) is 76.2 Å². The summed E-state index contributed by atoms with van der Waals surface area (Å²) in [5.74, 6) is 2.17. The first-order chi connectivity index (χ1) is 21.0. The number of anilines is 2. The Morgan fingerprint density at radius 2 is 1.57 bits per heavy atom. The van der Waals surface area contributed by atoms with E-state index in [4.69, 9.17) is 9.59 Å². The quantitative estimate of drug-likeness (QED) is 0.168. The molecule has 1 aliphatic carbocycles. The van der Waals surface area contributed by atoms with Crippen LogP contribution in [0.1, 0.15) is 96.3 Å². The number of para-hydroxylation sites is 1. The fraction of sp³-hybridized carbons (Fsp3) is 0.600. The number of hydrogen-bond acceptors (Lipinski definition) is 5. The first-order valence-corrected chi connectivity index (χ1v) is 16.8. The summed E-state index contributed by atoms with van der Waals surface area (Å²) < 4.78 is 37.1. The second-order valence-corrected chi connectivity index (χ2v) is 10.4. The van der Waals surface area contributed by atoms with Crippen molar-refractivity contribution in [3.63, 3.8) is 0 Å². The van der Waals surface area contributed by atoms with Gasteiger partial charge in [0, 0.05) is 31.0 Å². The van der Waals surface area contributed by atoms with Crippen molar-refractivity contribution in [1.82, 2.24) is 5.32 Å². The van der Waals surface area contributed by atoms with Gasteiger partial charge in [-0.3, -0.25) is 0 Å². The predicted octanol–water partition coefficient (Wildman–Crippen LogP) is 9.80. The summed E-state index contributed by atoms with van der Waals surface area (Å²) >= 11 is 0. The van der Waals surface area contributed by atoms with Crippen LogP contribution in [0.3, 0.4) is 0 Å². The predicted molar refractivity (Wildman–Crippen MR) is 189 cm³/mol. The van der Waals surface area contributed by atoms with E-state index in [1.54, 1.807) is 13.0 Å². The molecule has 9 heteroatoms. The van der Waals surface area contributed by atoms with Crippen molar-refractivity contribution in [2.24, 2.45) is 11.8 Å². The molecule has 2 aromatic rings. The van der Waals surface area contributed by atoms with Crippen LogP contribution in [0.15, 0.2) is 42.5 Å². The van der Waals surface area contributed by atoms with Gasteiger partial charge in [0.25, 0.3) is 0 Å². The smallest absolute Gasteiger partial charge is 0.388 e. The minimum atomic E-state index is -4.29. The number of alkyl halides is 3. The third-order valence-electron chi connectivity index (χ3n) is 6.84. The van der Waals surface area contributed by atoms with Crippen molar-refractivity contribution in [3.8, 4) is 0 Å². The minimum Gasteiger partial charge on any atom is -0.388 e. The second kappa shape index (κ2) is 29.3. The summed E-state index contributed by atoms with van der Waals surface area (Å²) in [7, 11) is 5.89. The number of carbonyl (C=O) groups excluding carboxylic acids is 2. The molecule has 0 bridgehead atoms. The Kier molecular flexibility index (Phi) is 30.6. The molecule has 3 N–H and O–H groups in total. The molecule has 4 unspecified atom stereocenters. The van der Waals surface area contributed by atoms with Crippen molar-refractivity contribution in [3.05, 3.63) is 59.2 Å². The molecule has 4 atom stereocenters. The zero-order chi connectivity index (χ0) is 34.6. The number of aryl methyl sites for hydroxylation is 1. The van der Waals surface area contributed by atoms with Crippen molar-refractivity contribution >= 4 is 33.7 Å². The molecule has 0 spiro atoms. The summed E-state index contributed by atoms with van der Waals surface area (Å²) in [4.78, 5) is 16.8. The third-order valence-corrected chi connectivity index (χ3v) is 6.84. The number of benzene rings is 2. The van der Waals surface area contributed by atoms with Gasteiger partial charge in [-0.15, -0.1) is 9.24 Å². The monoisotopic (exact) mass is 643 g/mol. The Hall–Kier alpha value is -2.44. The highest BCUT2D eigenvalue weighted by Gasteiger charge is 2.33. The fourth-order valence-electron chi connectivity index (χ4n) is 4.39. The largest absolute Gasteiger partial charge is 0.418 e. The molecule has 1 aliphatic rings. The molecule has 0 radical (unpaired) electrons. The molecule has 0 aliphatic heterocycles. The van der Waals surface area contributed by atoms with Gasteiger partial charge in [0.05, 0.1) is 5.56 Å². The van der Waals surface area contributed by atoms with Crippen LogP contribution < -0.4 is 16.0 Å². The average Bonchev–Trinajstić information content (AvgIpc) is 3.75. The Morgan fingerprint density at radius 1 is 1.00 bits per heavy atom. The lowest BCUT2D eigenvalue weighted by Gasteiger charge is -2.21. The van der Waals surface area contributed by atoms with E-state index in [1.807, 2.05) is 20.5 Å². The maximum atomic E-state index is 12.4. The number of carbonyl (C=O) groups is 2. The summed E-state index contributed by atoms with van der Waals surface area (Å²) in [6, 6.07) is 13.4. The minimum absolute atomic E-state index is 0.109. The number of nitrogens with one attached hydrogen (secondary N) is 3. The van der Waals surface area contributed by atoms with Gasteiger partial charge < -0.3 is 25.5 Å². The molecule has 1 saturated carbocycles. The van der Waals surface area contributed by atoms with Crippen LogP contribution in [0.5, 0.6) is 0 Å². The summed E-state index contributed by atoms with van der Waals surface area (Å²) in [6.45, 7) is 17.0. The van der Waals surface area contributed by atoms with Crippen LogP contribution in [0, 0.1) is 18.8 Å². The van der Waals surface area contributed by atoms with Crippen LogP contribution in [-0.2, 0) is 22.3 Å². The van der Waals surface area contributed by atoms with Gasteiger partial charge >= 0.3 is 6.18 Å². The maximum absolute atomic E-state index is 12.4. The highest BCUT2D eigenvalue weighted by molar-refractivity contribution is 7.15. The number of rotatable bonds is 11. The molecule has 254 valence electrons. The summed E-state index contributed by atoms with van der Waals surface area (Å²) in [5, 5.41) is 9.47. The molecule has 0 heterocycles. The van der Waals surface area contributed by atoms with E-state index in [0.29, 0.717) is 11.6 Å². The van der Waals surface area contributed by atoms with Gasteiger partial charge in [-0.25, -0.2) is 0 Å². The number of halogens is 3.